The van der Waals surface area contributed by atoms with Gasteiger partial charge in [-0.3, -0.25) is 19.4 Å². The van der Waals surface area contributed by atoms with E-state index in [1.54, 1.807) is 6.92 Å². The van der Waals surface area contributed by atoms with E-state index in [0.29, 0.717) is 38.8 Å². The first-order chi connectivity index (χ1) is 16.8. The van der Waals surface area contributed by atoms with Crippen molar-refractivity contribution < 1.29 is 29.4 Å². The fourth-order valence-corrected chi connectivity index (χ4v) is 3.27. The zero-order valence-electron chi connectivity index (χ0n) is 21.4. The van der Waals surface area contributed by atoms with Gasteiger partial charge in [0, 0.05) is 6.54 Å². The summed E-state index contributed by atoms with van der Waals surface area (Å²) >= 11 is 0. The number of unbranched alkanes of at least 4 members (excludes halogenated alkanes) is 1. The lowest BCUT2D eigenvalue weighted by atomic mass is 9.96. The van der Waals surface area contributed by atoms with Crippen molar-refractivity contribution >= 4 is 29.7 Å². The second-order valence-corrected chi connectivity index (χ2v) is 8.84. The second kappa shape index (κ2) is 17.5. The average Bonchev–Trinajstić information content (AvgIpc) is 2.81. The van der Waals surface area contributed by atoms with Crippen molar-refractivity contribution in [2.45, 2.75) is 89.6 Å². The van der Waals surface area contributed by atoms with Crippen molar-refractivity contribution in [1.29, 1.82) is 0 Å². The van der Waals surface area contributed by atoms with Gasteiger partial charge >= 0.3 is 5.97 Å². The Morgan fingerprint density at radius 1 is 0.889 bits per heavy atom. The Labute approximate surface area is 212 Å². The lowest BCUT2D eigenvalue weighted by molar-refractivity contribution is -0.143. The van der Waals surface area contributed by atoms with Crippen molar-refractivity contribution in [3.05, 3.63) is 0 Å². The fraction of sp³-hybridized carbons (Fsp3) is 0.773. The molecule has 14 nitrogen and oxygen atoms in total. The molecule has 0 saturated carbocycles. The van der Waals surface area contributed by atoms with Gasteiger partial charge in [0.25, 0.3) is 0 Å². The number of carboxylic acid groups (broad SMARTS) is 1. The number of amides is 3. The number of aliphatic carboxylic acids is 1. The molecule has 0 spiro atoms. The van der Waals surface area contributed by atoms with Crippen LogP contribution in [0.4, 0.5) is 0 Å². The van der Waals surface area contributed by atoms with Crippen LogP contribution in [-0.4, -0.2) is 83.2 Å². The number of carboxylic acids is 1. The third-order valence-corrected chi connectivity index (χ3v) is 5.72. The molecule has 0 heterocycles. The van der Waals surface area contributed by atoms with Crippen LogP contribution in [0, 0.1) is 5.92 Å². The van der Waals surface area contributed by atoms with E-state index in [1.165, 1.54) is 6.92 Å². The van der Waals surface area contributed by atoms with Crippen molar-refractivity contribution in [3.8, 4) is 0 Å². The van der Waals surface area contributed by atoms with Gasteiger partial charge < -0.3 is 49.1 Å². The molecule has 6 unspecified atom stereocenters. The topological polar surface area (TPSA) is 261 Å². The number of aliphatic hydroxyl groups excluding tert-OH is 1. The summed E-state index contributed by atoms with van der Waals surface area (Å²) in [7, 11) is 0. The highest BCUT2D eigenvalue weighted by molar-refractivity contribution is 5.94. The van der Waals surface area contributed by atoms with Gasteiger partial charge in [0.2, 0.25) is 17.7 Å². The Morgan fingerprint density at radius 2 is 1.47 bits per heavy atom. The highest BCUT2D eigenvalue weighted by atomic mass is 16.4. The molecule has 14 heteroatoms. The molecule has 0 fully saturated rings. The lowest BCUT2D eigenvalue weighted by Gasteiger charge is -2.29. The van der Waals surface area contributed by atoms with Gasteiger partial charge in [-0.25, -0.2) is 4.79 Å². The Morgan fingerprint density at radius 3 is 1.97 bits per heavy atom. The predicted molar refractivity (Wildman–Crippen MR) is 135 cm³/mol. The van der Waals surface area contributed by atoms with E-state index >= 15 is 0 Å². The molecule has 0 bridgehead atoms. The standard InChI is InChI=1S/C22H44N8O6/c1-4-12(2)16(29-18(32)14(24)8-7-11-27-22(25)26)19(33)30-17(13(3)31)20(34)28-15(21(35)36)9-5-6-10-23/h12-17,31H,4-11,23-24H2,1-3H3,(H,28,34)(H,29,32)(H,30,33)(H,35,36)(H4,25,26,27). The predicted octanol–water partition coefficient (Wildman–Crippen LogP) is -2.54. The molecule has 0 radical (unpaired) electrons. The number of nitrogens with one attached hydrogen (secondary N) is 3. The molecule has 0 saturated heterocycles. The molecule has 0 aliphatic heterocycles. The van der Waals surface area contributed by atoms with Gasteiger partial charge in [0.1, 0.15) is 18.1 Å². The zero-order chi connectivity index (χ0) is 27.8. The van der Waals surface area contributed by atoms with Gasteiger partial charge in [0.05, 0.1) is 12.1 Å². The second-order valence-electron chi connectivity index (χ2n) is 8.84. The maximum Gasteiger partial charge on any atom is 0.326 e. The SMILES string of the molecule is CCC(C)C(NC(=O)C(N)CCCN=C(N)N)C(=O)NC(C(=O)NC(CCCCN)C(=O)O)C(C)O. The van der Waals surface area contributed by atoms with Gasteiger partial charge in [-0.2, -0.15) is 0 Å². The summed E-state index contributed by atoms with van der Waals surface area (Å²) in [5, 5.41) is 26.9. The maximum atomic E-state index is 13.1. The van der Waals surface area contributed by atoms with Crippen LogP contribution in [-0.2, 0) is 19.2 Å². The Kier molecular flexibility index (Phi) is 16.0. The average molecular weight is 517 g/mol. The zero-order valence-corrected chi connectivity index (χ0v) is 21.4. The molecule has 0 aromatic heterocycles. The van der Waals surface area contributed by atoms with Crippen LogP contribution in [0.15, 0.2) is 4.99 Å². The highest BCUT2D eigenvalue weighted by Crippen LogP contribution is 2.10. The number of hydrogen-bond acceptors (Lipinski definition) is 8. The van der Waals surface area contributed by atoms with Gasteiger partial charge in [0.15, 0.2) is 5.96 Å². The van der Waals surface area contributed by atoms with Gasteiger partial charge in [-0.05, 0) is 51.5 Å². The van der Waals surface area contributed by atoms with E-state index in [9.17, 15) is 29.4 Å². The number of carbonyl (C=O) groups is 4. The molecule has 0 aliphatic rings. The summed E-state index contributed by atoms with van der Waals surface area (Å²) in [4.78, 5) is 53.7. The van der Waals surface area contributed by atoms with E-state index < -0.39 is 54.0 Å². The Bertz CT molecular complexity index is 744. The van der Waals surface area contributed by atoms with E-state index in [1.807, 2.05) is 6.92 Å². The number of nitrogens with two attached hydrogens (primary N) is 4. The quantitative estimate of drug-likeness (QED) is 0.0523. The summed E-state index contributed by atoms with van der Waals surface area (Å²) in [6.45, 7) is 5.54. The first-order valence-corrected chi connectivity index (χ1v) is 12.2. The van der Waals surface area contributed by atoms with Crippen molar-refractivity contribution in [2.24, 2.45) is 33.8 Å². The molecule has 36 heavy (non-hydrogen) atoms. The van der Waals surface area contributed by atoms with Gasteiger partial charge in [-0.1, -0.05) is 20.3 Å². The van der Waals surface area contributed by atoms with E-state index in [2.05, 4.69) is 20.9 Å². The highest BCUT2D eigenvalue weighted by Gasteiger charge is 2.34. The van der Waals surface area contributed by atoms with Crippen LogP contribution in [0.2, 0.25) is 0 Å². The van der Waals surface area contributed by atoms with Crippen molar-refractivity contribution in [2.75, 3.05) is 13.1 Å². The van der Waals surface area contributed by atoms with Crippen LogP contribution in [0.5, 0.6) is 0 Å². The lowest BCUT2D eigenvalue weighted by Crippen LogP contribution is -2.61. The van der Waals surface area contributed by atoms with Crippen molar-refractivity contribution in [1.82, 2.24) is 16.0 Å². The minimum Gasteiger partial charge on any atom is -0.480 e. The minimum atomic E-state index is -1.44. The van der Waals surface area contributed by atoms with Crippen LogP contribution in [0.1, 0.15) is 59.3 Å². The summed E-state index contributed by atoms with van der Waals surface area (Å²) in [6.07, 6.45) is 1.12. The summed E-state index contributed by atoms with van der Waals surface area (Å²) in [6, 6.07) is -4.60. The normalized spacial score (nSPS) is 15.9. The molecule has 3 amide bonds. The molecule has 0 rings (SSSR count). The first kappa shape index (κ1) is 33.0. The number of rotatable bonds is 18. The van der Waals surface area contributed by atoms with Crippen molar-refractivity contribution in [3.63, 3.8) is 0 Å². The largest absolute Gasteiger partial charge is 0.480 e. The third kappa shape index (κ3) is 12.7. The smallest absolute Gasteiger partial charge is 0.326 e. The number of nitrogens with zero attached hydrogens (tertiary/aromatic N) is 1. The maximum absolute atomic E-state index is 13.1. The number of hydrogen-bond donors (Lipinski definition) is 9. The number of aliphatic hydroxyl groups is 1. The van der Waals surface area contributed by atoms with E-state index in [0.717, 1.165) is 0 Å². The Balaban J connectivity index is 5.33. The molecular formula is C22H44N8O6. The van der Waals surface area contributed by atoms with Crippen LogP contribution in [0.3, 0.4) is 0 Å². The first-order valence-electron chi connectivity index (χ1n) is 12.2. The minimum absolute atomic E-state index is 0.0662. The monoisotopic (exact) mass is 516 g/mol. The van der Waals surface area contributed by atoms with Crippen LogP contribution in [0.25, 0.3) is 0 Å². The van der Waals surface area contributed by atoms with E-state index in [4.69, 9.17) is 22.9 Å². The molecular weight excluding hydrogens is 472 g/mol. The molecule has 6 atom stereocenters. The summed E-state index contributed by atoms with van der Waals surface area (Å²) in [5.74, 6) is -3.77. The third-order valence-electron chi connectivity index (χ3n) is 5.72. The van der Waals surface area contributed by atoms with Crippen LogP contribution < -0.4 is 38.9 Å². The molecule has 0 aliphatic carbocycles. The van der Waals surface area contributed by atoms with Crippen LogP contribution >= 0.6 is 0 Å². The molecule has 0 aromatic rings. The number of carbonyl (C=O) groups excluding carboxylic acids is 3. The number of aliphatic imine (C=N–C) groups is 1. The Hall–Kier alpha value is -2.97. The molecule has 13 N–H and O–H groups in total. The van der Waals surface area contributed by atoms with E-state index in [-0.39, 0.29) is 24.7 Å². The summed E-state index contributed by atoms with van der Waals surface area (Å²) in [5.41, 5.74) is 21.9. The van der Waals surface area contributed by atoms with Gasteiger partial charge in [-0.15, -0.1) is 0 Å². The fourth-order valence-electron chi connectivity index (χ4n) is 3.27. The number of guanidine groups is 1. The molecule has 0 aromatic carbocycles. The summed E-state index contributed by atoms with van der Waals surface area (Å²) < 4.78 is 0. The molecule has 208 valence electrons.